The first-order valence-corrected chi connectivity index (χ1v) is 16.6. The number of carbonyl (C=O) groups is 2. The Morgan fingerprint density at radius 3 is 2.47 bits per heavy atom. The van der Waals surface area contributed by atoms with Crippen LogP contribution in [0, 0.1) is 6.92 Å². The smallest absolute Gasteiger partial charge is 0.443 e. The number of amides is 1. The van der Waals surface area contributed by atoms with Gasteiger partial charge in [0.25, 0.3) is 0 Å². The Kier molecular flexibility index (Phi) is 8.25. The maximum absolute atomic E-state index is 13.7. The molecule has 8 nitrogen and oxygen atoms in total. The molecule has 0 atom stereocenters. The monoisotopic (exact) mass is 662 g/mol. The number of alkyl halides is 3. The van der Waals surface area contributed by atoms with E-state index in [2.05, 4.69) is 4.98 Å². The summed E-state index contributed by atoms with van der Waals surface area (Å²) >= 11 is 0.583. The fourth-order valence-electron chi connectivity index (χ4n) is 6.99. The quantitative estimate of drug-likeness (QED) is 0.199. The number of ether oxygens (including phenoxy) is 1. The van der Waals surface area contributed by atoms with Gasteiger partial charge in [-0.1, -0.05) is 37.5 Å². The number of aryl methyl sites for hydroxylation is 1. The molecule has 1 aliphatic carbocycles. The van der Waals surface area contributed by atoms with Gasteiger partial charge in [-0.2, -0.15) is 13.2 Å². The molecule has 5 aromatic rings. The molecule has 2 aromatic carbocycles. The molecular weight excluding hydrogens is 629 g/mol. The van der Waals surface area contributed by atoms with Gasteiger partial charge in [0.15, 0.2) is 5.01 Å². The Bertz CT molecular complexity index is 2010. The van der Waals surface area contributed by atoms with Crippen molar-refractivity contribution in [3.63, 3.8) is 0 Å². The minimum Gasteiger partial charge on any atom is -0.478 e. The number of hydrogen-bond acceptors (Lipinski definition) is 6. The lowest BCUT2D eigenvalue weighted by atomic mass is 9.81. The second kappa shape index (κ2) is 12.4. The molecule has 4 heterocycles. The SMILES string of the molecule is Cc1nc(C(F)(F)F)sc1-c1ccc2cc(-c3c(C4CCCCC4)c4ccc(C(=O)O)cc4n3CC(=O)N3CCOCC3)ccc2n1. The van der Waals surface area contributed by atoms with Crippen LogP contribution in [0.15, 0.2) is 48.5 Å². The van der Waals surface area contributed by atoms with E-state index in [1.807, 2.05) is 34.9 Å². The molecule has 1 amide bonds. The highest BCUT2D eigenvalue weighted by molar-refractivity contribution is 7.15. The lowest BCUT2D eigenvalue weighted by molar-refractivity contribution is -0.137. The van der Waals surface area contributed by atoms with Gasteiger partial charge in [0.05, 0.1) is 51.8 Å². The van der Waals surface area contributed by atoms with E-state index in [1.54, 1.807) is 30.0 Å². The molecule has 0 spiro atoms. The summed E-state index contributed by atoms with van der Waals surface area (Å²) in [5.41, 5.74) is 5.04. The first kappa shape index (κ1) is 31.3. The Balaban J connectivity index is 1.38. The van der Waals surface area contributed by atoms with Crippen LogP contribution in [-0.4, -0.2) is 62.7 Å². The third-order valence-corrected chi connectivity index (χ3v) is 10.5. The molecule has 0 unspecified atom stereocenters. The summed E-state index contributed by atoms with van der Waals surface area (Å²) in [7, 11) is 0. The summed E-state index contributed by atoms with van der Waals surface area (Å²) in [6.07, 6.45) is 0.815. The molecule has 1 saturated heterocycles. The van der Waals surface area contributed by atoms with Crippen LogP contribution in [0.4, 0.5) is 13.2 Å². The van der Waals surface area contributed by atoms with Gasteiger partial charge >= 0.3 is 12.1 Å². The summed E-state index contributed by atoms with van der Waals surface area (Å²) in [4.78, 5) is 36.4. The van der Waals surface area contributed by atoms with Crippen molar-refractivity contribution in [2.75, 3.05) is 26.3 Å². The maximum Gasteiger partial charge on any atom is 0.443 e. The molecule has 7 rings (SSSR count). The minimum atomic E-state index is -4.53. The molecule has 1 aliphatic heterocycles. The second-order valence-corrected chi connectivity index (χ2v) is 13.2. The van der Waals surface area contributed by atoms with E-state index in [9.17, 15) is 27.9 Å². The topological polar surface area (TPSA) is 97.5 Å². The number of carbonyl (C=O) groups excluding carboxylic acids is 1. The van der Waals surface area contributed by atoms with Crippen molar-refractivity contribution < 1.29 is 32.6 Å². The van der Waals surface area contributed by atoms with E-state index < -0.39 is 17.2 Å². The number of pyridine rings is 1. The van der Waals surface area contributed by atoms with Crippen LogP contribution in [0.1, 0.15) is 64.6 Å². The van der Waals surface area contributed by atoms with Gasteiger partial charge in [-0.25, -0.2) is 14.8 Å². The van der Waals surface area contributed by atoms with Gasteiger partial charge in [0, 0.05) is 23.9 Å². The average Bonchev–Trinajstić information content (AvgIpc) is 3.63. The fourth-order valence-corrected chi connectivity index (χ4v) is 7.90. The molecule has 47 heavy (non-hydrogen) atoms. The van der Waals surface area contributed by atoms with Gasteiger partial charge in [0.1, 0.15) is 6.54 Å². The molecule has 244 valence electrons. The van der Waals surface area contributed by atoms with Crippen LogP contribution in [0.25, 0.3) is 43.6 Å². The highest BCUT2D eigenvalue weighted by atomic mass is 32.1. The van der Waals surface area contributed by atoms with Gasteiger partial charge in [-0.05, 0) is 67.1 Å². The van der Waals surface area contributed by atoms with E-state index in [-0.39, 0.29) is 29.6 Å². The van der Waals surface area contributed by atoms with Crippen molar-refractivity contribution in [3.8, 4) is 21.8 Å². The number of thiazole rings is 1. The highest BCUT2D eigenvalue weighted by Gasteiger charge is 2.36. The normalized spacial score (nSPS) is 16.3. The average molecular weight is 663 g/mol. The van der Waals surface area contributed by atoms with E-state index in [0.717, 1.165) is 59.7 Å². The van der Waals surface area contributed by atoms with Crippen molar-refractivity contribution in [1.29, 1.82) is 0 Å². The molecule has 1 N–H and O–H groups in total. The highest BCUT2D eigenvalue weighted by Crippen LogP contribution is 2.45. The first-order chi connectivity index (χ1) is 22.6. The summed E-state index contributed by atoms with van der Waals surface area (Å²) in [6.45, 7) is 3.53. The molecule has 2 fully saturated rings. The molecule has 0 radical (unpaired) electrons. The number of fused-ring (bicyclic) bond motifs is 2. The van der Waals surface area contributed by atoms with Crippen LogP contribution < -0.4 is 0 Å². The Labute approximate surface area is 272 Å². The maximum atomic E-state index is 13.7. The van der Waals surface area contributed by atoms with Crippen molar-refractivity contribution >= 4 is 45.0 Å². The number of hydrogen-bond donors (Lipinski definition) is 1. The Hall–Kier alpha value is -4.29. The van der Waals surface area contributed by atoms with Crippen LogP contribution in [0.5, 0.6) is 0 Å². The summed E-state index contributed by atoms with van der Waals surface area (Å²) in [5, 5.41) is 10.7. The lowest BCUT2D eigenvalue weighted by Crippen LogP contribution is -2.42. The van der Waals surface area contributed by atoms with E-state index >= 15 is 0 Å². The zero-order chi connectivity index (χ0) is 32.9. The number of rotatable bonds is 6. The van der Waals surface area contributed by atoms with Gasteiger partial charge in [-0.15, -0.1) is 11.3 Å². The summed E-state index contributed by atoms with van der Waals surface area (Å²) < 4.78 is 47.5. The summed E-state index contributed by atoms with van der Waals surface area (Å²) in [6, 6.07) is 14.5. The van der Waals surface area contributed by atoms with E-state index in [4.69, 9.17) is 9.72 Å². The van der Waals surface area contributed by atoms with Crippen LogP contribution in [0.3, 0.4) is 0 Å². The number of morpholine rings is 1. The third-order valence-electron chi connectivity index (χ3n) is 9.26. The second-order valence-electron chi connectivity index (χ2n) is 12.2. The third kappa shape index (κ3) is 6.00. The standard InChI is InChI=1S/C35H33F3N4O4S/c1-20-32(47-34(39-20)35(36,37)38)27-12-8-22-17-23(9-11-26(22)40-27)31-30(21-5-3-2-4-6-21)25-10-7-24(33(44)45)18-28(25)42(31)19-29(43)41-13-15-46-16-14-41/h7-12,17-18,21H,2-6,13-16,19H2,1H3,(H,44,45). The largest absolute Gasteiger partial charge is 0.478 e. The van der Waals surface area contributed by atoms with Gasteiger partial charge in [-0.3, -0.25) is 4.79 Å². The first-order valence-electron chi connectivity index (χ1n) is 15.8. The van der Waals surface area contributed by atoms with E-state index in [1.165, 1.54) is 0 Å². The number of aromatic nitrogens is 3. The fraction of sp³-hybridized carbons (Fsp3) is 0.371. The number of aromatic carboxylic acids is 1. The number of halogens is 3. The molecular formula is C35H33F3N4O4S. The molecule has 2 aliphatic rings. The Morgan fingerprint density at radius 1 is 1.00 bits per heavy atom. The van der Waals surface area contributed by atoms with Crippen LogP contribution in [-0.2, 0) is 22.3 Å². The van der Waals surface area contributed by atoms with Crippen molar-refractivity contribution in [3.05, 3.63) is 70.4 Å². The van der Waals surface area contributed by atoms with Crippen molar-refractivity contribution in [2.45, 2.75) is 57.7 Å². The number of carboxylic acids is 1. The van der Waals surface area contributed by atoms with Crippen LogP contribution in [0.2, 0.25) is 0 Å². The number of nitrogens with zero attached hydrogens (tertiary/aromatic N) is 4. The molecule has 0 bridgehead atoms. The summed E-state index contributed by atoms with van der Waals surface area (Å²) in [5.74, 6) is -0.858. The van der Waals surface area contributed by atoms with Crippen molar-refractivity contribution in [1.82, 2.24) is 19.4 Å². The van der Waals surface area contributed by atoms with E-state index in [0.29, 0.717) is 59.2 Å². The molecule has 12 heteroatoms. The van der Waals surface area contributed by atoms with Gasteiger partial charge in [0.2, 0.25) is 5.91 Å². The molecule has 3 aromatic heterocycles. The van der Waals surface area contributed by atoms with Crippen molar-refractivity contribution in [2.24, 2.45) is 0 Å². The predicted molar refractivity (Wildman–Crippen MR) is 174 cm³/mol. The van der Waals surface area contributed by atoms with Gasteiger partial charge < -0.3 is 19.3 Å². The molecule has 1 saturated carbocycles. The number of benzene rings is 2. The zero-order valence-electron chi connectivity index (χ0n) is 25.8. The minimum absolute atomic E-state index is 0.0447. The zero-order valence-corrected chi connectivity index (χ0v) is 26.6. The number of carboxylic acid groups (broad SMARTS) is 1. The predicted octanol–water partition coefficient (Wildman–Crippen LogP) is 7.91. The Morgan fingerprint density at radius 2 is 1.77 bits per heavy atom. The van der Waals surface area contributed by atoms with Crippen LogP contribution >= 0.6 is 11.3 Å². The lowest BCUT2D eigenvalue weighted by Gasteiger charge is -2.28.